The van der Waals surface area contributed by atoms with Crippen molar-refractivity contribution in [1.82, 2.24) is 0 Å². The van der Waals surface area contributed by atoms with Gasteiger partial charge >= 0.3 is 0 Å². The predicted molar refractivity (Wildman–Crippen MR) is 123 cm³/mol. The van der Waals surface area contributed by atoms with Crippen LogP contribution in [0.15, 0.2) is 36.0 Å². The van der Waals surface area contributed by atoms with E-state index in [1.807, 2.05) is 5.57 Å². The Balaban J connectivity index is 1.55. The monoisotopic (exact) mass is 396 g/mol. The van der Waals surface area contributed by atoms with Gasteiger partial charge in [-0.15, -0.1) is 0 Å². The van der Waals surface area contributed by atoms with Crippen LogP contribution >= 0.6 is 0 Å². The lowest BCUT2D eigenvalue weighted by Gasteiger charge is -2.57. The van der Waals surface area contributed by atoms with Gasteiger partial charge in [0.1, 0.15) is 0 Å². The van der Waals surface area contributed by atoms with Crippen molar-refractivity contribution >= 4 is 0 Å². The number of aliphatic hydroxyl groups excluding tert-OH is 1. The highest BCUT2D eigenvalue weighted by atomic mass is 16.3. The first kappa shape index (κ1) is 21.4. The number of hydrogen-bond donors (Lipinski definition) is 1. The first-order valence-corrected chi connectivity index (χ1v) is 12.4. The number of allylic oxidation sites excluding steroid dienone is 5. The molecule has 0 aromatic rings. The quantitative estimate of drug-likeness (QED) is 0.389. The highest BCUT2D eigenvalue weighted by Crippen LogP contribution is 2.66. The summed E-state index contributed by atoms with van der Waals surface area (Å²) >= 11 is 0. The van der Waals surface area contributed by atoms with Crippen LogP contribution in [-0.2, 0) is 0 Å². The van der Waals surface area contributed by atoms with E-state index in [4.69, 9.17) is 0 Å². The third-order valence-electron chi connectivity index (χ3n) is 10.1. The summed E-state index contributed by atoms with van der Waals surface area (Å²) in [6.45, 7) is 16.3. The van der Waals surface area contributed by atoms with Crippen LogP contribution in [0.4, 0.5) is 0 Å². The van der Waals surface area contributed by atoms with E-state index in [0.717, 1.165) is 30.6 Å². The minimum absolute atomic E-state index is 0.0547. The van der Waals surface area contributed by atoms with Crippen molar-refractivity contribution < 1.29 is 5.11 Å². The van der Waals surface area contributed by atoms with Gasteiger partial charge in [0.25, 0.3) is 0 Å². The fourth-order valence-electron chi connectivity index (χ4n) is 8.00. The molecule has 3 saturated carbocycles. The first-order chi connectivity index (χ1) is 13.7. The standard InChI is InChI=1S/C28H44O/c1-18(2)19(3)7-8-20(4)24-11-12-25-23-10-9-21-17-22(29)13-15-27(21,5)26(23)14-16-28(24,25)6/h7-8,10,18,20-22,24-26,29H,3,9,11-17H2,1-2,4-6H3/t20-,21?,22?,24-,25+,26+,27+,28-/m1/s1. The van der Waals surface area contributed by atoms with Crippen LogP contribution in [-0.4, -0.2) is 11.2 Å². The van der Waals surface area contributed by atoms with E-state index >= 15 is 0 Å². The lowest BCUT2D eigenvalue weighted by Crippen LogP contribution is -2.49. The lowest BCUT2D eigenvalue weighted by molar-refractivity contribution is -0.0414. The topological polar surface area (TPSA) is 20.2 Å². The zero-order valence-corrected chi connectivity index (χ0v) is 19.6. The molecule has 4 rings (SSSR count). The van der Waals surface area contributed by atoms with Crippen molar-refractivity contribution in [3.63, 3.8) is 0 Å². The molecule has 0 spiro atoms. The van der Waals surface area contributed by atoms with Gasteiger partial charge in [0.15, 0.2) is 0 Å². The molecule has 0 amide bonds. The summed E-state index contributed by atoms with van der Waals surface area (Å²) in [5, 5.41) is 10.2. The summed E-state index contributed by atoms with van der Waals surface area (Å²) in [5.74, 6) is 4.23. The Hall–Kier alpha value is -0.820. The molecule has 162 valence electrons. The van der Waals surface area contributed by atoms with Gasteiger partial charge in [-0.2, -0.15) is 0 Å². The summed E-state index contributed by atoms with van der Waals surface area (Å²) in [5.41, 5.74) is 3.99. The Kier molecular flexibility index (Phi) is 5.69. The van der Waals surface area contributed by atoms with Gasteiger partial charge in [-0.3, -0.25) is 0 Å². The maximum Gasteiger partial charge on any atom is 0.0543 e. The average molecular weight is 397 g/mol. The molecule has 0 bridgehead atoms. The fraction of sp³-hybridized carbons (Fsp3) is 0.786. The van der Waals surface area contributed by atoms with Crippen molar-refractivity contribution in [3.05, 3.63) is 36.0 Å². The molecule has 1 heteroatoms. The SMILES string of the molecule is C=C(C=C[C@@H](C)[C@H]1CC[C@H]2C3=CCC4CC(O)CC[C@]4(C)[C@H]3CC[C@]12C)C(C)C. The van der Waals surface area contributed by atoms with Crippen LogP contribution in [0.3, 0.4) is 0 Å². The van der Waals surface area contributed by atoms with E-state index in [9.17, 15) is 5.11 Å². The number of aliphatic hydroxyl groups is 1. The molecular formula is C28H44O. The molecule has 1 N–H and O–H groups in total. The van der Waals surface area contributed by atoms with Crippen LogP contribution in [0.25, 0.3) is 0 Å². The highest BCUT2D eigenvalue weighted by Gasteiger charge is 2.57. The molecule has 0 saturated heterocycles. The van der Waals surface area contributed by atoms with E-state index in [-0.39, 0.29) is 6.10 Å². The Morgan fingerprint density at radius 1 is 1.07 bits per heavy atom. The summed E-state index contributed by atoms with van der Waals surface area (Å²) in [7, 11) is 0. The average Bonchev–Trinajstić information content (AvgIpc) is 3.03. The third-order valence-corrected chi connectivity index (χ3v) is 10.1. The van der Waals surface area contributed by atoms with E-state index in [1.54, 1.807) is 0 Å². The molecule has 0 aromatic heterocycles. The molecule has 8 atom stereocenters. The molecule has 0 radical (unpaired) electrons. The smallest absolute Gasteiger partial charge is 0.0543 e. The van der Waals surface area contributed by atoms with Gasteiger partial charge in [-0.1, -0.05) is 70.6 Å². The Morgan fingerprint density at radius 2 is 1.76 bits per heavy atom. The summed E-state index contributed by atoms with van der Waals surface area (Å²) in [6, 6.07) is 0. The minimum atomic E-state index is -0.0547. The van der Waals surface area contributed by atoms with Gasteiger partial charge in [-0.25, -0.2) is 0 Å². The number of rotatable bonds is 4. The van der Waals surface area contributed by atoms with E-state index in [2.05, 4.69) is 59.4 Å². The van der Waals surface area contributed by atoms with Gasteiger partial charge < -0.3 is 5.11 Å². The van der Waals surface area contributed by atoms with Gasteiger partial charge in [0, 0.05) is 0 Å². The third kappa shape index (κ3) is 3.50. The van der Waals surface area contributed by atoms with Crippen LogP contribution in [0.1, 0.15) is 86.0 Å². The molecule has 4 aliphatic rings. The van der Waals surface area contributed by atoms with Crippen molar-refractivity contribution in [2.45, 2.75) is 92.1 Å². The summed E-state index contributed by atoms with van der Waals surface area (Å²) < 4.78 is 0. The zero-order valence-electron chi connectivity index (χ0n) is 19.6. The number of hydrogen-bond acceptors (Lipinski definition) is 1. The predicted octanol–water partition coefficient (Wildman–Crippen LogP) is 7.33. The second-order valence-corrected chi connectivity index (χ2v) is 11.9. The van der Waals surface area contributed by atoms with Crippen LogP contribution in [0.5, 0.6) is 0 Å². The molecule has 3 fully saturated rings. The molecule has 4 aliphatic carbocycles. The molecule has 1 nitrogen and oxygen atoms in total. The van der Waals surface area contributed by atoms with Gasteiger partial charge in [0.05, 0.1) is 6.10 Å². The van der Waals surface area contributed by atoms with E-state index in [0.29, 0.717) is 28.6 Å². The molecule has 29 heavy (non-hydrogen) atoms. The maximum absolute atomic E-state index is 10.2. The second kappa shape index (κ2) is 7.70. The highest BCUT2D eigenvalue weighted by molar-refractivity contribution is 5.28. The summed E-state index contributed by atoms with van der Waals surface area (Å²) in [4.78, 5) is 0. The van der Waals surface area contributed by atoms with Gasteiger partial charge in [0.2, 0.25) is 0 Å². The second-order valence-electron chi connectivity index (χ2n) is 11.9. The zero-order chi connectivity index (χ0) is 21.0. The normalized spacial score (nSPS) is 45.5. The fourth-order valence-corrected chi connectivity index (χ4v) is 8.00. The van der Waals surface area contributed by atoms with Crippen molar-refractivity contribution in [1.29, 1.82) is 0 Å². The molecule has 2 unspecified atom stereocenters. The van der Waals surface area contributed by atoms with Crippen LogP contribution in [0.2, 0.25) is 0 Å². The maximum atomic E-state index is 10.2. The van der Waals surface area contributed by atoms with E-state index in [1.165, 1.54) is 44.1 Å². The Labute approximate surface area is 179 Å². The minimum Gasteiger partial charge on any atom is -0.393 e. The lowest BCUT2D eigenvalue weighted by atomic mass is 9.47. The Morgan fingerprint density at radius 3 is 2.48 bits per heavy atom. The summed E-state index contributed by atoms with van der Waals surface area (Å²) in [6.07, 6.45) is 17.4. The van der Waals surface area contributed by atoms with Crippen LogP contribution in [0, 0.1) is 46.3 Å². The van der Waals surface area contributed by atoms with Gasteiger partial charge in [-0.05, 0) is 97.7 Å². The first-order valence-electron chi connectivity index (χ1n) is 12.4. The molecular weight excluding hydrogens is 352 g/mol. The number of fused-ring (bicyclic) bond motifs is 5. The van der Waals surface area contributed by atoms with E-state index < -0.39 is 0 Å². The van der Waals surface area contributed by atoms with Crippen molar-refractivity contribution in [3.8, 4) is 0 Å². The molecule has 0 aliphatic heterocycles. The van der Waals surface area contributed by atoms with Crippen molar-refractivity contribution in [2.75, 3.05) is 0 Å². The Bertz CT molecular complexity index is 699. The molecule has 0 heterocycles. The van der Waals surface area contributed by atoms with Crippen molar-refractivity contribution in [2.24, 2.45) is 46.3 Å². The molecule has 0 aromatic carbocycles. The van der Waals surface area contributed by atoms with Crippen LogP contribution < -0.4 is 0 Å². The largest absolute Gasteiger partial charge is 0.393 e.